The fourth-order valence-corrected chi connectivity index (χ4v) is 1.38. The summed E-state index contributed by atoms with van der Waals surface area (Å²) >= 11 is 0. The van der Waals surface area contributed by atoms with E-state index in [2.05, 4.69) is 10.1 Å². The van der Waals surface area contributed by atoms with Gasteiger partial charge >= 0.3 is 0 Å². The van der Waals surface area contributed by atoms with Crippen LogP contribution in [0.25, 0.3) is 11.4 Å². The Balaban J connectivity index is 2.39. The first-order valence-electron chi connectivity index (χ1n) is 5.21. The van der Waals surface area contributed by atoms with Gasteiger partial charge in [0.25, 0.3) is 0 Å². The first-order chi connectivity index (χ1) is 7.58. The van der Waals surface area contributed by atoms with Crippen molar-refractivity contribution in [2.24, 2.45) is 0 Å². The fraction of sp³-hybridized carbons (Fsp3) is 0.333. The maximum Gasteiger partial charge on any atom is 0.229 e. The highest BCUT2D eigenvalue weighted by Crippen LogP contribution is 2.24. The zero-order chi connectivity index (χ0) is 11.7. The summed E-state index contributed by atoms with van der Waals surface area (Å²) in [5.41, 5.74) is 1.65. The molecule has 2 rings (SSSR count). The van der Waals surface area contributed by atoms with Gasteiger partial charge in [0.15, 0.2) is 0 Å². The molecule has 0 unspecified atom stereocenters. The molecule has 0 aliphatic rings. The molecule has 0 spiro atoms. The standard InChI is InChI=1S/C12H14N2O2/c1-7(2)12-13-11(14-16-12)9-4-5-10(15)8(3)6-9/h4-7,15H,1-3H3. The number of phenols is 1. The number of hydrogen-bond acceptors (Lipinski definition) is 4. The van der Waals surface area contributed by atoms with Gasteiger partial charge in [0.1, 0.15) is 5.75 Å². The maximum atomic E-state index is 9.42. The van der Waals surface area contributed by atoms with Gasteiger partial charge in [0.05, 0.1) is 0 Å². The van der Waals surface area contributed by atoms with Crippen LogP contribution >= 0.6 is 0 Å². The van der Waals surface area contributed by atoms with Crippen molar-refractivity contribution in [1.29, 1.82) is 0 Å². The summed E-state index contributed by atoms with van der Waals surface area (Å²) in [6.07, 6.45) is 0. The predicted molar refractivity (Wildman–Crippen MR) is 60.2 cm³/mol. The van der Waals surface area contributed by atoms with Crippen molar-refractivity contribution in [3.8, 4) is 17.1 Å². The van der Waals surface area contributed by atoms with Gasteiger partial charge in [0.2, 0.25) is 11.7 Å². The van der Waals surface area contributed by atoms with Crippen molar-refractivity contribution in [3.63, 3.8) is 0 Å². The number of aromatic hydroxyl groups is 1. The van der Waals surface area contributed by atoms with Crippen LogP contribution in [0.4, 0.5) is 0 Å². The lowest BCUT2D eigenvalue weighted by Gasteiger charge is -1.99. The molecule has 0 fully saturated rings. The van der Waals surface area contributed by atoms with E-state index in [4.69, 9.17) is 4.52 Å². The molecule has 0 amide bonds. The minimum atomic E-state index is 0.222. The Hall–Kier alpha value is -1.84. The van der Waals surface area contributed by atoms with Gasteiger partial charge in [-0.1, -0.05) is 19.0 Å². The van der Waals surface area contributed by atoms with E-state index in [-0.39, 0.29) is 11.7 Å². The Labute approximate surface area is 93.9 Å². The van der Waals surface area contributed by atoms with Crippen LogP contribution in [0.2, 0.25) is 0 Å². The van der Waals surface area contributed by atoms with Crippen molar-refractivity contribution >= 4 is 0 Å². The van der Waals surface area contributed by atoms with Gasteiger partial charge in [-0.05, 0) is 30.7 Å². The minimum Gasteiger partial charge on any atom is -0.508 e. The van der Waals surface area contributed by atoms with Gasteiger partial charge in [-0.3, -0.25) is 0 Å². The molecule has 0 saturated heterocycles. The summed E-state index contributed by atoms with van der Waals surface area (Å²) in [5, 5.41) is 13.3. The molecule has 0 aliphatic carbocycles. The third-order valence-electron chi connectivity index (χ3n) is 2.39. The van der Waals surface area contributed by atoms with E-state index in [1.807, 2.05) is 26.8 Å². The summed E-state index contributed by atoms with van der Waals surface area (Å²) in [6.45, 7) is 5.83. The molecule has 1 aromatic heterocycles. The number of nitrogens with zero attached hydrogens (tertiary/aromatic N) is 2. The van der Waals surface area contributed by atoms with Gasteiger partial charge in [-0.15, -0.1) is 0 Å². The summed E-state index contributed by atoms with van der Waals surface area (Å²) in [5.74, 6) is 1.68. The summed E-state index contributed by atoms with van der Waals surface area (Å²) in [4.78, 5) is 4.29. The first kappa shape index (κ1) is 10.7. The van der Waals surface area contributed by atoms with Crippen LogP contribution in [0.5, 0.6) is 5.75 Å². The second-order valence-electron chi connectivity index (χ2n) is 4.11. The quantitative estimate of drug-likeness (QED) is 0.842. The molecule has 0 saturated carbocycles. The lowest BCUT2D eigenvalue weighted by molar-refractivity contribution is 0.365. The van der Waals surface area contributed by atoms with Crippen molar-refractivity contribution in [2.75, 3.05) is 0 Å². The Bertz CT molecular complexity index is 503. The van der Waals surface area contributed by atoms with E-state index in [1.165, 1.54) is 0 Å². The van der Waals surface area contributed by atoms with Crippen LogP contribution in [0.1, 0.15) is 31.2 Å². The lowest BCUT2D eigenvalue weighted by atomic mass is 10.1. The van der Waals surface area contributed by atoms with Crippen LogP contribution in [-0.2, 0) is 0 Å². The Morgan fingerprint density at radius 3 is 2.62 bits per heavy atom. The molecular weight excluding hydrogens is 204 g/mol. The summed E-state index contributed by atoms with van der Waals surface area (Å²) < 4.78 is 5.13. The molecule has 16 heavy (non-hydrogen) atoms. The van der Waals surface area contributed by atoms with Gasteiger partial charge < -0.3 is 9.63 Å². The van der Waals surface area contributed by atoms with E-state index < -0.39 is 0 Å². The number of rotatable bonds is 2. The molecule has 0 radical (unpaired) electrons. The number of aromatic nitrogens is 2. The largest absolute Gasteiger partial charge is 0.508 e. The molecule has 2 aromatic rings. The van der Waals surface area contributed by atoms with Crippen LogP contribution in [-0.4, -0.2) is 15.2 Å². The number of aryl methyl sites for hydroxylation is 1. The van der Waals surface area contributed by atoms with Crippen LogP contribution in [0.3, 0.4) is 0 Å². The minimum absolute atomic E-state index is 0.222. The normalized spacial score (nSPS) is 11.0. The second kappa shape index (κ2) is 3.96. The van der Waals surface area contributed by atoms with E-state index in [0.29, 0.717) is 11.7 Å². The van der Waals surface area contributed by atoms with Crippen molar-refractivity contribution in [2.45, 2.75) is 26.7 Å². The molecule has 4 heteroatoms. The van der Waals surface area contributed by atoms with E-state index in [1.54, 1.807) is 12.1 Å². The SMILES string of the molecule is Cc1cc(-c2noc(C(C)C)n2)ccc1O. The van der Waals surface area contributed by atoms with Crippen molar-refractivity contribution < 1.29 is 9.63 Å². The summed E-state index contributed by atoms with van der Waals surface area (Å²) in [7, 11) is 0. The zero-order valence-corrected chi connectivity index (χ0v) is 9.56. The molecule has 4 nitrogen and oxygen atoms in total. The van der Waals surface area contributed by atoms with E-state index >= 15 is 0 Å². The van der Waals surface area contributed by atoms with Crippen LogP contribution in [0, 0.1) is 6.92 Å². The average Bonchev–Trinajstić information content (AvgIpc) is 2.71. The molecule has 1 heterocycles. The first-order valence-corrected chi connectivity index (χ1v) is 5.21. The third-order valence-corrected chi connectivity index (χ3v) is 2.39. The van der Waals surface area contributed by atoms with E-state index in [0.717, 1.165) is 11.1 Å². The topological polar surface area (TPSA) is 59.2 Å². The highest BCUT2D eigenvalue weighted by atomic mass is 16.5. The van der Waals surface area contributed by atoms with Crippen molar-refractivity contribution in [3.05, 3.63) is 29.7 Å². The highest BCUT2D eigenvalue weighted by Gasteiger charge is 2.11. The van der Waals surface area contributed by atoms with Crippen molar-refractivity contribution in [1.82, 2.24) is 10.1 Å². The van der Waals surface area contributed by atoms with Gasteiger partial charge in [0, 0.05) is 11.5 Å². The second-order valence-corrected chi connectivity index (χ2v) is 4.11. The molecule has 1 aromatic carbocycles. The molecule has 0 atom stereocenters. The van der Waals surface area contributed by atoms with E-state index in [9.17, 15) is 5.11 Å². The van der Waals surface area contributed by atoms with Crippen LogP contribution in [0.15, 0.2) is 22.7 Å². The Morgan fingerprint density at radius 2 is 2.06 bits per heavy atom. The predicted octanol–water partition coefficient (Wildman–Crippen LogP) is 2.87. The average molecular weight is 218 g/mol. The smallest absolute Gasteiger partial charge is 0.229 e. The fourth-order valence-electron chi connectivity index (χ4n) is 1.38. The highest BCUT2D eigenvalue weighted by molar-refractivity contribution is 5.57. The molecule has 1 N–H and O–H groups in total. The molecular formula is C12H14N2O2. The zero-order valence-electron chi connectivity index (χ0n) is 9.56. The number of phenolic OH excluding ortho intramolecular Hbond substituents is 1. The summed E-state index contributed by atoms with van der Waals surface area (Å²) in [6, 6.07) is 5.25. The molecule has 84 valence electrons. The Kier molecular flexibility index (Phi) is 2.64. The van der Waals surface area contributed by atoms with Gasteiger partial charge in [-0.25, -0.2) is 0 Å². The lowest BCUT2D eigenvalue weighted by Crippen LogP contribution is -1.87. The third kappa shape index (κ3) is 1.91. The Morgan fingerprint density at radius 1 is 1.31 bits per heavy atom. The molecule has 0 bridgehead atoms. The van der Waals surface area contributed by atoms with Crippen LogP contribution < -0.4 is 0 Å². The van der Waals surface area contributed by atoms with Gasteiger partial charge in [-0.2, -0.15) is 4.98 Å². The maximum absolute atomic E-state index is 9.42. The number of hydrogen-bond donors (Lipinski definition) is 1. The monoisotopic (exact) mass is 218 g/mol. The number of benzene rings is 1. The molecule has 0 aliphatic heterocycles.